The topological polar surface area (TPSA) is 95.7 Å². The molecule has 0 amide bonds. The molecule has 0 atom stereocenters. The zero-order valence-electron chi connectivity index (χ0n) is 35.6. The second kappa shape index (κ2) is 14.6. The molecule has 14 rings (SSSR count). The van der Waals surface area contributed by atoms with Crippen LogP contribution < -0.4 is 0 Å². The number of rotatable bonds is 6. The fourth-order valence-electron chi connectivity index (χ4n) is 9.61. The van der Waals surface area contributed by atoms with Crippen molar-refractivity contribution in [2.24, 2.45) is 0 Å². The van der Waals surface area contributed by atoms with Gasteiger partial charge in [-0.2, -0.15) is 0 Å². The van der Waals surface area contributed by atoms with E-state index in [0.717, 1.165) is 93.7 Å². The number of nitrogens with zero attached hydrogens (tertiary/aromatic N) is 6. The highest BCUT2D eigenvalue weighted by molar-refractivity contribution is 6.24. The first kappa shape index (κ1) is 37.1. The van der Waals surface area contributed by atoms with E-state index in [4.69, 9.17) is 33.8 Å². The zero-order valence-corrected chi connectivity index (χ0v) is 35.6. The maximum absolute atomic E-state index is 6.15. The summed E-state index contributed by atoms with van der Waals surface area (Å²) in [6.07, 6.45) is 0. The lowest BCUT2D eigenvalue weighted by Crippen LogP contribution is -2.01. The minimum atomic E-state index is 0.539. The molecule has 0 unspecified atom stereocenters. The van der Waals surface area contributed by atoms with Crippen LogP contribution in [0.3, 0.4) is 0 Å². The van der Waals surface area contributed by atoms with E-state index in [2.05, 4.69) is 114 Å². The molecule has 4 aromatic heterocycles. The number of oxazole rings is 2. The monoisotopic (exact) mass is 858 g/mol. The Morgan fingerprint density at radius 3 is 1.42 bits per heavy atom. The number of para-hydroxylation sites is 4. The van der Waals surface area contributed by atoms with Crippen LogP contribution in [0.4, 0.5) is 0 Å². The Morgan fingerprint density at radius 1 is 0.328 bits per heavy atom. The van der Waals surface area contributed by atoms with E-state index < -0.39 is 0 Å². The van der Waals surface area contributed by atoms with E-state index in [-0.39, 0.29) is 0 Å². The van der Waals surface area contributed by atoms with Crippen LogP contribution in [0.5, 0.6) is 0 Å². The predicted molar refractivity (Wildman–Crippen MR) is 269 cm³/mol. The molecular weight excluding hydrogens is 825 g/mol. The maximum Gasteiger partial charge on any atom is 0.227 e. The third-order valence-electron chi connectivity index (χ3n) is 12.9. The average Bonchev–Trinajstić information content (AvgIpc) is 4.11. The second-order valence-corrected chi connectivity index (χ2v) is 16.9. The van der Waals surface area contributed by atoms with Gasteiger partial charge in [-0.1, -0.05) is 127 Å². The van der Waals surface area contributed by atoms with Gasteiger partial charge in [0.05, 0.1) is 11.0 Å². The number of aromatic nitrogens is 6. The van der Waals surface area contributed by atoms with Gasteiger partial charge >= 0.3 is 0 Å². The Morgan fingerprint density at radius 2 is 0.806 bits per heavy atom. The Hall–Kier alpha value is -9.27. The molecule has 0 aliphatic heterocycles. The van der Waals surface area contributed by atoms with Crippen LogP contribution in [0.15, 0.2) is 215 Å². The van der Waals surface area contributed by atoms with Gasteiger partial charge in [0.1, 0.15) is 11.0 Å². The summed E-state index contributed by atoms with van der Waals surface area (Å²) in [5, 5.41) is 8.98. The molecule has 0 N–H and O–H groups in total. The van der Waals surface area contributed by atoms with Crippen molar-refractivity contribution >= 4 is 76.3 Å². The van der Waals surface area contributed by atoms with Gasteiger partial charge in [-0.25, -0.2) is 24.9 Å². The van der Waals surface area contributed by atoms with Crippen molar-refractivity contribution < 1.29 is 8.83 Å². The van der Waals surface area contributed by atoms with Crippen LogP contribution in [0.1, 0.15) is 0 Å². The second-order valence-electron chi connectivity index (χ2n) is 16.9. The van der Waals surface area contributed by atoms with Crippen molar-refractivity contribution in [3.63, 3.8) is 0 Å². The fraction of sp³-hybridized carbons (Fsp3) is 0. The van der Waals surface area contributed by atoms with Crippen molar-refractivity contribution in [3.8, 4) is 62.8 Å². The molecule has 67 heavy (non-hydrogen) atoms. The normalized spacial score (nSPS) is 11.9. The van der Waals surface area contributed by atoms with E-state index in [0.29, 0.717) is 29.3 Å². The molecule has 0 bridgehead atoms. The number of benzene rings is 10. The smallest absolute Gasteiger partial charge is 0.227 e. The molecule has 0 saturated carbocycles. The summed E-state index contributed by atoms with van der Waals surface area (Å²) in [6, 6.07) is 71.0. The van der Waals surface area contributed by atoms with Crippen molar-refractivity contribution in [2.45, 2.75) is 0 Å². The SMILES string of the molecule is c1ccc2cc(-n3c4cc5ccccc5cc4c4c(-c5nc(-c6ccc(-c7nc8ccccc8o7)cc6)nc(-c6ccc(-c7nc8ccccc8o7)cc6)n5)c5ccccc5cc43)ccc2c1. The lowest BCUT2D eigenvalue weighted by Gasteiger charge is -2.14. The first-order chi connectivity index (χ1) is 33.1. The summed E-state index contributed by atoms with van der Waals surface area (Å²) in [5.74, 6) is 2.75. The van der Waals surface area contributed by atoms with Gasteiger partial charge in [0, 0.05) is 44.3 Å². The van der Waals surface area contributed by atoms with E-state index in [1.807, 2.05) is 97.1 Å². The third kappa shape index (κ3) is 6.11. The summed E-state index contributed by atoms with van der Waals surface area (Å²) < 4.78 is 14.7. The molecule has 0 aliphatic carbocycles. The predicted octanol–water partition coefficient (Wildman–Crippen LogP) is 15.0. The molecule has 312 valence electrons. The minimum absolute atomic E-state index is 0.539. The van der Waals surface area contributed by atoms with Gasteiger partial charge in [-0.3, -0.25) is 0 Å². The number of hydrogen-bond acceptors (Lipinski definition) is 7. The highest BCUT2D eigenvalue weighted by Gasteiger charge is 2.24. The Balaban J connectivity index is 1.02. The van der Waals surface area contributed by atoms with Crippen LogP contribution in [-0.2, 0) is 0 Å². The molecule has 10 aromatic carbocycles. The first-order valence-corrected chi connectivity index (χ1v) is 22.2. The van der Waals surface area contributed by atoms with Gasteiger partial charge in [0.25, 0.3) is 0 Å². The highest BCUT2D eigenvalue weighted by atomic mass is 16.4. The summed E-state index contributed by atoms with van der Waals surface area (Å²) in [6.45, 7) is 0. The van der Waals surface area contributed by atoms with Gasteiger partial charge in [0.15, 0.2) is 28.6 Å². The molecule has 0 saturated heterocycles. The van der Waals surface area contributed by atoms with Crippen molar-refractivity contribution in [1.29, 1.82) is 0 Å². The quantitative estimate of drug-likeness (QED) is 0.164. The van der Waals surface area contributed by atoms with Gasteiger partial charge in [-0.15, -0.1) is 0 Å². The summed E-state index contributed by atoms with van der Waals surface area (Å²) in [5.41, 5.74) is 10.6. The summed E-state index contributed by atoms with van der Waals surface area (Å²) in [4.78, 5) is 25.6. The molecule has 8 heteroatoms. The largest absolute Gasteiger partial charge is 0.436 e. The molecular formula is C59H34N6O2. The molecule has 14 aromatic rings. The average molecular weight is 859 g/mol. The first-order valence-electron chi connectivity index (χ1n) is 22.2. The number of hydrogen-bond donors (Lipinski definition) is 0. The Bertz CT molecular complexity index is 4080. The third-order valence-corrected chi connectivity index (χ3v) is 12.9. The number of fused-ring (bicyclic) bond motifs is 8. The standard InChI is InChI=1S/C59H34N6O2/c1-2-12-40-31-44(30-29-35(40)11-1)65-49-33-42-14-4-3-13-41(42)32-46(49)53-50(65)34-43-15-5-6-16-45(43)54(53)57-63-55(36-21-25-38(26-22-36)58-60-47-17-7-9-19-51(47)66-58)62-56(64-57)37-23-27-39(28-24-37)59-61-48-18-8-10-20-52(48)67-59/h1-34H. The van der Waals surface area contributed by atoms with Crippen LogP contribution in [0, 0.1) is 0 Å². The Labute approximate surface area is 382 Å². The summed E-state index contributed by atoms with van der Waals surface area (Å²) in [7, 11) is 0. The van der Waals surface area contributed by atoms with Crippen LogP contribution in [-0.4, -0.2) is 29.5 Å². The molecule has 0 aliphatic rings. The van der Waals surface area contributed by atoms with Crippen molar-refractivity contribution in [3.05, 3.63) is 206 Å². The molecule has 0 spiro atoms. The van der Waals surface area contributed by atoms with Gasteiger partial charge < -0.3 is 13.4 Å². The maximum atomic E-state index is 6.15. The molecule has 0 fully saturated rings. The van der Waals surface area contributed by atoms with Gasteiger partial charge in [-0.05, 0) is 111 Å². The molecule has 4 heterocycles. The zero-order chi connectivity index (χ0) is 44.0. The van der Waals surface area contributed by atoms with Crippen LogP contribution in [0.2, 0.25) is 0 Å². The van der Waals surface area contributed by atoms with E-state index in [9.17, 15) is 0 Å². The van der Waals surface area contributed by atoms with Crippen LogP contribution in [0.25, 0.3) is 139 Å². The van der Waals surface area contributed by atoms with E-state index in [1.165, 1.54) is 16.2 Å². The fourth-order valence-corrected chi connectivity index (χ4v) is 9.61. The van der Waals surface area contributed by atoms with Crippen molar-refractivity contribution in [2.75, 3.05) is 0 Å². The minimum Gasteiger partial charge on any atom is -0.436 e. The van der Waals surface area contributed by atoms with Crippen molar-refractivity contribution in [1.82, 2.24) is 29.5 Å². The lowest BCUT2D eigenvalue weighted by atomic mass is 9.96. The lowest BCUT2D eigenvalue weighted by molar-refractivity contribution is 0.619. The van der Waals surface area contributed by atoms with Gasteiger partial charge in [0.2, 0.25) is 11.8 Å². The molecule has 8 nitrogen and oxygen atoms in total. The summed E-state index contributed by atoms with van der Waals surface area (Å²) >= 11 is 0. The highest BCUT2D eigenvalue weighted by Crippen LogP contribution is 2.44. The Kier molecular flexibility index (Phi) is 8.11. The van der Waals surface area contributed by atoms with E-state index >= 15 is 0 Å². The van der Waals surface area contributed by atoms with Crippen LogP contribution >= 0.6 is 0 Å². The molecule has 0 radical (unpaired) electrons. The van der Waals surface area contributed by atoms with E-state index in [1.54, 1.807) is 0 Å².